The summed E-state index contributed by atoms with van der Waals surface area (Å²) in [5.41, 5.74) is 7.29. The van der Waals surface area contributed by atoms with E-state index >= 15 is 0 Å². The Kier molecular flexibility index (Phi) is 8.79. The number of unbranched alkanes of at least 4 members (excludes halogenated alkanes) is 3. The van der Waals surface area contributed by atoms with E-state index in [0.29, 0.717) is 12.2 Å². The number of hydrogen-bond acceptors (Lipinski definition) is 3. The molecule has 5 nitrogen and oxygen atoms in total. The Hall–Kier alpha value is -3.08. The standard InChI is InChI=1S/C23H28N2O3/c1-3-4-5-6-17-28-21-14-12-20(13-15-21)23(27)25-24-22(26)16-11-19-9-7-18(2)8-10-19/h7-16H,3-6,17H2,1-2H3,(H,24,26)(H,25,27). The molecule has 148 valence electrons. The molecule has 0 aliphatic heterocycles. The third-order valence-electron chi connectivity index (χ3n) is 4.19. The van der Waals surface area contributed by atoms with Gasteiger partial charge in [-0.15, -0.1) is 0 Å². The van der Waals surface area contributed by atoms with Crippen molar-refractivity contribution >= 4 is 17.9 Å². The summed E-state index contributed by atoms with van der Waals surface area (Å²) >= 11 is 0. The molecule has 2 aromatic carbocycles. The van der Waals surface area contributed by atoms with E-state index in [2.05, 4.69) is 17.8 Å². The van der Waals surface area contributed by atoms with E-state index in [9.17, 15) is 9.59 Å². The van der Waals surface area contributed by atoms with Crippen LogP contribution in [0.5, 0.6) is 5.75 Å². The number of ether oxygens (including phenoxy) is 1. The second-order valence-corrected chi connectivity index (χ2v) is 6.62. The Morgan fingerprint density at radius 3 is 2.32 bits per heavy atom. The summed E-state index contributed by atoms with van der Waals surface area (Å²) < 4.78 is 5.66. The molecule has 0 saturated heterocycles. The number of benzene rings is 2. The lowest BCUT2D eigenvalue weighted by Crippen LogP contribution is -2.40. The van der Waals surface area contributed by atoms with Crippen LogP contribution in [0.1, 0.15) is 54.1 Å². The van der Waals surface area contributed by atoms with Crippen molar-refractivity contribution < 1.29 is 14.3 Å². The second kappa shape index (κ2) is 11.6. The number of aryl methyl sites for hydroxylation is 1. The van der Waals surface area contributed by atoms with Crippen LogP contribution in [0.4, 0.5) is 0 Å². The third-order valence-corrected chi connectivity index (χ3v) is 4.19. The molecule has 2 amide bonds. The van der Waals surface area contributed by atoms with Crippen molar-refractivity contribution in [2.24, 2.45) is 0 Å². The van der Waals surface area contributed by atoms with Crippen LogP contribution in [-0.2, 0) is 4.79 Å². The summed E-state index contributed by atoms with van der Waals surface area (Å²) in [5, 5.41) is 0. The highest BCUT2D eigenvalue weighted by Crippen LogP contribution is 2.13. The topological polar surface area (TPSA) is 67.4 Å². The molecular formula is C23H28N2O3. The molecule has 0 aliphatic carbocycles. The molecule has 0 aromatic heterocycles. The van der Waals surface area contributed by atoms with Gasteiger partial charge >= 0.3 is 0 Å². The number of amides is 2. The summed E-state index contributed by atoms with van der Waals surface area (Å²) in [4.78, 5) is 23.9. The molecule has 28 heavy (non-hydrogen) atoms. The van der Waals surface area contributed by atoms with Crippen LogP contribution in [0.2, 0.25) is 0 Å². The minimum absolute atomic E-state index is 0.383. The van der Waals surface area contributed by atoms with Crippen LogP contribution in [0.25, 0.3) is 6.08 Å². The van der Waals surface area contributed by atoms with Crippen molar-refractivity contribution in [2.75, 3.05) is 6.61 Å². The predicted molar refractivity (Wildman–Crippen MR) is 112 cm³/mol. The Labute approximate surface area is 166 Å². The zero-order valence-corrected chi connectivity index (χ0v) is 16.5. The summed E-state index contributed by atoms with van der Waals surface area (Å²) in [6.07, 6.45) is 7.66. The highest BCUT2D eigenvalue weighted by molar-refractivity contribution is 5.97. The van der Waals surface area contributed by atoms with Gasteiger partial charge in [-0.25, -0.2) is 0 Å². The number of carbonyl (C=O) groups is 2. The lowest BCUT2D eigenvalue weighted by atomic mass is 10.1. The second-order valence-electron chi connectivity index (χ2n) is 6.62. The van der Waals surface area contributed by atoms with Gasteiger partial charge in [0.1, 0.15) is 5.75 Å². The monoisotopic (exact) mass is 380 g/mol. The van der Waals surface area contributed by atoms with Gasteiger partial charge in [-0.2, -0.15) is 0 Å². The van der Waals surface area contributed by atoms with E-state index in [1.807, 2.05) is 31.2 Å². The first-order valence-electron chi connectivity index (χ1n) is 9.66. The number of nitrogens with one attached hydrogen (secondary N) is 2. The molecule has 2 N–H and O–H groups in total. The van der Waals surface area contributed by atoms with Gasteiger partial charge in [0, 0.05) is 11.6 Å². The first-order chi connectivity index (χ1) is 13.6. The Bertz CT molecular complexity index is 780. The maximum absolute atomic E-state index is 12.1. The zero-order chi connectivity index (χ0) is 20.2. The molecule has 5 heteroatoms. The van der Waals surface area contributed by atoms with Gasteiger partial charge in [0.15, 0.2) is 0 Å². The maximum atomic E-state index is 12.1. The predicted octanol–water partition coefficient (Wildman–Crippen LogP) is 4.43. The van der Waals surface area contributed by atoms with Crippen molar-refractivity contribution in [1.82, 2.24) is 10.9 Å². The van der Waals surface area contributed by atoms with Crippen molar-refractivity contribution in [1.29, 1.82) is 0 Å². The molecule has 0 saturated carbocycles. The first-order valence-corrected chi connectivity index (χ1v) is 9.66. The van der Waals surface area contributed by atoms with Gasteiger partial charge in [-0.3, -0.25) is 20.4 Å². The zero-order valence-electron chi connectivity index (χ0n) is 16.5. The van der Waals surface area contributed by atoms with Crippen LogP contribution in [0, 0.1) is 6.92 Å². The lowest BCUT2D eigenvalue weighted by molar-refractivity contribution is -0.117. The number of rotatable bonds is 9. The molecule has 0 radical (unpaired) electrons. The van der Waals surface area contributed by atoms with Crippen molar-refractivity contribution in [3.05, 3.63) is 71.3 Å². The molecular weight excluding hydrogens is 352 g/mol. The van der Waals surface area contributed by atoms with Crippen molar-refractivity contribution in [2.45, 2.75) is 39.5 Å². The van der Waals surface area contributed by atoms with E-state index in [1.165, 1.54) is 18.9 Å². The fraction of sp³-hybridized carbons (Fsp3) is 0.304. The van der Waals surface area contributed by atoms with Crippen molar-refractivity contribution in [3.63, 3.8) is 0 Å². The van der Waals surface area contributed by atoms with Gasteiger partial charge in [0.05, 0.1) is 6.61 Å². The molecule has 2 aromatic rings. The fourth-order valence-corrected chi connectivity index (χ4v) is 2.50. The molecule has 0 bridgehead atoms. The average Bonchev–Trinajstić information content (AvgIpc) is 2.72. The van der Waals surface area contributed by atoms with Crippen LogP contribution in [-0.4, -0.2) is 18.4 Å². The SMILES string of the molecule is CCCCCCOc1ccc(C(=O)NNC(=O)C=Cc2ccc(C)cc2)cc1. The molecule has 0 atom stereocenters. The molecule has 0 unspecified atom stereocenters. The van der Waals surface area contributed by atoms with E-state index in [-0.39, 0.29) is 5.91 Å². The van der Waals surface area contributed by atoms with E-state index in [1.54, 1.807) is 30.3 Å². The fourth-order valence-electron chi connectivity index (χ4n) is 2.50. The molecule has 0 heterocycles. The van der Waals surface area contributed by atoms with Crippen LogP contribution >= 0.6 is 0 Å². The normalized spacial score (nSPS) is 10.6. The Morgan fingerprint density at radius 1 is 0.929 bits per heavy atom. The van der Waals surface area contributed by atoms with Gasteiger partial charge in [0.25, 0.3) is 11.8 Å². The van der Waals surface area contributed by atoms with E-state index in [0.717, 1.165) is 29.7 Å². The molecule has 0 aliphatic rings. The quantitative estimate of drug-likeness (QED) is 0.384. The van der Waals surface area contributed by atoms with E-state index in [4.69, 9.17) is 4.74 Å². The minimum atomic E-state index is -0.402. The highest BCUT2D eigenvalue weighted by Gasteiger charge is 2.06. The Balaban J connectivity index is 1.74. The van der Waals surface area contributed by atoms with Gasteiger partial charge in [-0.1, -0.05) is 56.0 Å². The first kappa shape index (κ1) is 21.2. The smallest absolute Gasteiger partial charge is 0.269 e. The highest BCUT2D eigenvalue weighted by atomic mass is 16.5. The summed E-state index contributed by atoms with van der Waals surface area (Å²) in [7, 11) is 0. The number of hydrazine groups is 1. The Morgan fingerprint density at radius 2 is 1.64 bits per heavy atom. The van der Waals surface area contributed by atoms with Gasteiger partial charge < -0.3 is 4.74 Å². The van der Waals surface area contributed by atoms with Gasteiger partial charge in [0.2, 0.25) is 0 Å². The van der Waals surface area contributed by atoms with Crippen molar-refractivity contribution in [3.8, 4) is 5.75 Å². The van der Waals surface area contributed by atoms with E-state index < -0.39 is 5.91 Å². The molecule has 0 spiro atoms. The number of carbonyl (C=O) groups excluding carboxylic acids is 2. The molecule has 2 rings (SSSR count). The van der Waals surface area contributed by atoms with Crippen LogP contribution in [0.3, 0.4) is 0 Å². The van der Waals surface area contributed by atoms with Crippen LogP contribution < -0.4 is 15.6 Å². The summed E-state index contributed by atoms with van der Waals surface area (Å²) in [6.45, 7) is 4.85. The summed E-state index contributed by atoms with van der Waals surface area (Å²) in [6, 6.07) is 14.6. The molecule has 0 fully saturated rings. The average molecular weight is 380 g/mol. The van der Waals surface area contributed by atoms with Gasteiger partial charge in [-0.05, 0) is 49.2 Å². The minimum Gasteiger partial charge on any atom is -0.494 e. The van der Waals surface area contributed by atoms with Crippen LogP contribution in [0.15, 0.2) is 54.6 Å². The lowest BCUT2D eigenvalue weighted by Gasteiger charge is -2.08. The number of hydrogen-bond donors (Lipinski definition) is 2. The largest absolute Gasteiger partial charge is 0.494 e. The maximum Gasteiger partial charge on any atom is 0.269 e. The third kappa shape index (κ3) is 7.66. The summed E-state index contributed by atoms with van der Waals surface area (Å²) in [5.74, 6) is -0.0503.